The highest BCUT2D eigenvalue weighted by Crippen LogP contribution is 2.31. The summed E-state index contributed by atoms with van der Waals surface area (Å²) >= 11 is 0. The number of hydrogen-bond acceptors (Lipinski definition) is 6. The van der Waals surface area contributed by atoms with Crippen molar-refractivity contribution in [1.29, 1.82) is 0 Å². The Hall–Kier alpha value is -3.10. The maximum Gasteiger partial charge on any atom is 0.321 e. The van der Waals surface area contributed by atoms with Crippen LogP contribution in [0, 0.1) is 0 Å². The van der Waals surface area contributed by atoms with Crippen molar-refractivity contribution in [2.24, 2.45) is 0 Å². The van der Waals surface area contributed by atoms with Crippen molar-refractivity contribution in [2.45, 2.75) is 45.8 Å². The molecule has 1 aromatic rings. The van der Waals surface area contributed by atoms with Gasteiger partial charge in [0.25, 0.3) is 11.8 Å². The Morgan fingerprint density at radius 2 is 1.93 bits per heavy atom. The first-order valence-electron chi connectivity index (χ1n) is 8.91. The summed E-state index contributed by atoms with van der Waals surface area (Å²) in [6.07, 6.45) is -1.25. The number of rotatable bonds is 5. The molecule has 9 heteroatoms. The van der Waals surface area contributed by atoms with Gasteiger partial charge in [-0.2, -0.15) is 0 Å². The number of para-hydroxylation sites is 2. The number of fused-ring (bicyclic) bond motifs is 1. The fraction of sp³-hybridized carbons (Fsp3) is 0.474. The summed E-state index contributed by atoms with van der Waals surface area (Å²) in [7, 11) is 0. The summed E-state index contributed by atoms with van der Waals surface area (Å²) < 4.78 is 10.4. The van der Waals surface area contributed by atoms with E-state index >= 15 is 0 Å². The number of anilines is 1. The average molecular weight is 391 g/mol. The molecular weight excluding hydrogens is 366 g/mol. The number of ether oxygens (including phenoxy) is 2. The number of urea groups is 1. The van der Waals surface area contributed by atoms with Crippen LogP contribution in [0.3, 0.4) is 0 Å². The van der Waals surface area contributed by atoms with E-state index < -0.39 is 29.6 Å². The molecule has 0 aromatic heterocycles. The number of esters is 1. The molecule has 1 aliphatic heterocycles. The van der Waals surface area contributed by atoms with Crippen LogP contribution >= 0.6 is 0 Å². The minimum atomic E-state index is -1.15. The van der Waals surface area contributed by atoms with E-state index in [1.165, 1.54) is 11.8 Å². The molecule has 0 aliphatic carbocycles. The van der Waals surface area contributed by atoms with Crippen LogP contribution in [-0.2, 0) is 19.1 Å². The largest absolute Gasteiger partial charge is 0.482 e. The van der Waals surface area contributed by atoms with E-state index in [9.17, 15) is 19.2 Å². The van der Waals surface area contributed by atoms with Crippen LogP contribution in [0.4, 0.5) is 10.5 Å². The van der Waals surface area contributed by atoms with E-state index in [0.29, 0.717) is 11.4 Å². The molecule has 4 amide bonds. The lowest BCUT2D eigenvalue weighted by Crippen LogP contribution is -2.50. The lowest BCUT2D eigenvalue weighted by molar-refractivity contribution is -0.154. The molecule has 9 nitrogen and oxygen atoms in total. The summed E-state index contributed by atoms with van der Waals surface area (Å²) in [6, 6.07) is 6.35. The van der Waals surface area contributed by atoms with Gasteiger partial charge < -0.3 is 19.7 Å². The molecule has 1 aromatic carbocycles. The minimum absolute atomic E-state index is 0.0941. The molecule has 0 spiro atoms. The Morgan fingerprint density at radius 3 is 2.61 bits per heavy atom. The topological polar surface area (TPSA) is 114 Å². The van der Waals surface area contributed by atoms with Gasteiger partial charge in [-0.3, -0.25) is 19.7 Å². The maximum atomic E-state index is 12.1. The predicted octanol–water partition coefficient (Wildman–Crippen LogP) is 1.36. The number of amides is 4. The number of nitrogens with zero attached hydrogens (tertiary/aromatic N) is 1. The Balaban J connectivity index is 1.84. The van der Waals surface area contributed by atoms with Crippen molar-refractivity contribution in [3.8, 4) is 5.75 Å². The molecule has 1 aliphatic rings. The molecule has 0 fully saturated rings. The fourth-order valence-electron chi connectivity index (χ4n) is 2.50. The summed E-state index contributed by atoms with van der Waals surface area (Å²) in [6.45, 7) is 6.67. The van der Waals surface area contributed by atoms with Crippen molar-refractivity contribution >= 4 is 29.5 Å². The van der Waals surface area contributed by atoms with Gasteiger partial charge >= 0.3 is 12.0 Å². The number of imide groups is 1. The SMILES string of the molecule is CC(OC(=O)CCN1C(=O)COc2ccccc21)C(=O)NC(=O)NC(C)(C)C. The molecule has 1 unspecified atom stereocenters. The van der Waals surface area contributed by atoms with E-state index in [1.807, 2.05) is 0 Å². The van der Waals surface area contributed by atoms with Gasteiger partial charge in [0.05, 0.1) is 12.1 Å². The van der Waals surface area contributed by atoms with Gasteiger partial charge in [0, 0.05) is 12.1 Å². The zero-order chi connectivity index (χ0) is 20.9. The maximum absolute atomic E-state index is 12.1. The highest BCUT2D eigenvalue weighted by Gasteiger charge is 2.27. The van der Waals surface area contributed by atoms with Crippen LogP contribution in [0.2, 0.25) is 0 Å². The molecule has 1 atom stereocenters. The number of benzene rings is 1. The van der Waals surface area contributed by atoms with Crippen molar-refractivity contribution in [3.05, 3.63) is 24.3 Å². The summed E-state index contributed by atoms with van der Waals surface area (Å²) in [5.41, 5.74) is 0.0711. The van der Waals surface area contributed by atoms with Gasteiger partial charge in [-0.25, -0.2) is 4.79 Å². The third-order valence-corrected chi connectivity index (χ3v) is 3.75. The van der Waals surface area contributed by atoms with E-state index in [-0.39, 0.29) is 25.5 Å². The third-order valence-electron chi connectivity index (χ3n) is 3.75. The van der Waals surface area contributed by atoms with E-state index in [1.54, 1.807) is 45.0 Å². The van der Waals surface area contributed by atoms with Crippen molar-refractivity contribution < 1.29 is 28.7 Å². The second kappa shape index (κ2) is 8.73. The van der Waals surface area contributed by atoms with Gasteiger partial charge in [0.1, 0.15) is 5.75 Å². The van der Waals surface area contributed by atoms with Gasteiger partial charge in [-0.1, -0.05) is 12.1 Å². The molecule has 2 rings (SSSR count). The third kappa shape index (κ3) is 5.97. The van der Waals surface area contributed by atoms with E-state index in [0.717, 1.165) is 0 Å². The Kier molecular flexibility index (Phi) is 6.61. The molecule has 0 saturated carbocycles. The van der Waals surface area contributed by atoms with Crippen LogP contribution in [0.5, 0.6) is 5.75 Å². The quantitative estimate of drug-likeness (QED) is 0.733. The molecule has 28 heavy (non-hydrogen) atoms. The van der Waals surface area contributed by atoms with Gasteiger partial charge in [-0.05, 0) is 39.8 Å². The van der Waals surface area contributed by atoms with Gasteiger partial charge in [0.2, 0.25) is 0 Å². The first kappa shape index (κ1) is 21.2. The molecule has 0 saturated heterocycles. The van der Waals surface area contributed by atoms with Crippen molar-refractivity contribution in [2.75, 3.05) is 18.1 Å². The minimum Gasteiger partial charge on any atom is -0.482 e. The lowest BCUT2D eigenvalue weighted by atomic mass is 10.1. The molecule has 0 bridgehead atoms. The number of carbonyl (C=O) groups excluding carboxylic acids is 4. The van der Waals surface area contributed by atoms with E-state index in [4.69, 9.17) is 9.47 Å². The lowest BCUT2D eigenvalue weighted by Gasteiger charge is -2.29. The second-order valence-corrected chi connectivity index (χ2v) is 7.38. The number of hydrogen-bond donors (Lipinski definition) is 2. The van der Waals surface area contributed by atoms with Crippen LogP contribution in [0.1, 0.15) is 34.1 Å². The van der Waals surface area contributed by atoms with Crippen LogP contribution in [0.15, 0.2) is 24.3 Å². The van der Waals surface area contributed by atoms with Gasteiger partial charge in [0.15, 0.2) is 12.7 Å². The first-order valence-corrected chi connectivity index (χ1v) is 8.91. The molecule has 0 radical (unpaired) electrons. The molecule has 1 heterocycles. The Labute approximate surface area is 163 Å². The normalized spacial score (nSPS) is 14.4. The zero-order valence-electron chi connectivity index (χ0n) is 16.4. The van der Waals surface area contributed by atoms with Crippen LogP contribution < -0.4 is 20.3 Å². The molecule has 152 valence electrons. The van der Waals surface area contributed by atoms with E-state index in [2.05, 4.69) is 10.6 Å². The highest BCUT2D eigenvalue weighted by molar-refractivity contribution is 5.99. The Bertz CT molecular complexity index is 771. The van der Waals surface area contributed by atoms with Crippen LogP contribution in [0.25, 0.3) is 0 Å². The average Bonchev–Trinajstić information content (AvgIpc) is 2.59. The summed E-state index contributed by atoms with van der Waals surface area (Å²) in [4.78, 5) is 49.3. The zero-order valence-corrected chi connectivity index (χ0v) is 16.4. The van der Waals surface area contributed by atoms with Crippen LogP contribution in [-0.4, -0.2) is 48.6 Å². The number of carbonyl (C=O) groups is 4. The fourth-order valence-corrected chi connectivity index (χ4v) is 2.50. The highest BCUT2D eigenvalue weighted by atomic mass is 16.5. The number of nitrogens with one attached hydrogen (secondary N) is 2. The molecule has 2 N–H and O–H groups in total. The predicted molar refractivity (Wildman–Crippen MR) is 101 cm³/mol. The van der Waals surface area contributed by atoms with Crippen molar-refractivity contribution in [1.82, 2.24) is 10.6 Å². The standard InChI is InChI=1S/C19H25N3O6/c1-12(17(25)20-18(26)21-19(2,3)4)28-16(24)9-10-22-13-7-5-6-8-14(13)27-11-15(22)23/h5-8,12H,9-11H2,1-4H3,(H2,20,21,25,26). The molecular formula is C19H25N3O6. The first-order chi connectivity index (χ1) is 13.1. The van der Waals surface area contributed by atoms with Gasteiger partial charge in [-0.15, -0.1) is 0 Å². The van der Waals surface area contributed by atoms with Crippen molar-refractivity contribution in [3.63, 3.8) is 0 Å². The summed E-state index contributed by atoms with van der Waals surface area (Å²) in [5, 5.41) is 4.69. The smallest absolute Gasteiger partial charge is 0.321 e. The second-order valence-electron chi connectivity index (χ2n) is 7.38. The Morgan fingerprint density at radius 1 is 1.25 bits per heavy atom. The monoisotopic (exact) mass is 391 g/mol. The summed E-state index contributed by atoms with van der Waals surface area (Å²) in [5.74, 6) is -1.09.